The molecule has 1 aliphatic heterocycles. The molecular formula is C27H31N7O3. The molecule has 0 aliphatic carbocycles. The summed E-state index contributed by atoms with van der Waals surface area (Å²) in [7, 11) is 0. The number of aromatic nitrogens is 3. The van der Waals surface area contributed by atoms with Crippen LogP contribution in [0.25, 0.3) is 11.3 Å². The van der Waals surface area contributed by atoms with Gasteiger partial charge in [0.05, 0.1) is 6.04 Å². The van der Waals surface area contributed by atoms with Crippen molar-refractivity contribution in [3.05, 3.63) is 77.4 Å². The summed E-state index contributed by atoms with van der Waals surface area (Å²) in [4.78, 5) is 48.4. The molecule has 192 valence electrons. The zero-order chi connectivity index (χ0) is 26.5. The molecule has 0 unspecified atom stereocenters. The van der Waals surface area contributed by atoms with E-state index in [4.69, 9.17) is 11.6 Å². The van der Waals surface area contributed by atoms with Crippen LogP contribution in [-0.2, 0) is 11.2 Å². The average Bonchev–Trinajstić information content (AvgIpc) is 3.26. The van der Waals surface area contributed by atoms with E-state index in [2.05, 4.69) is 15.3 Å². The first-order valence-electron chi connectivity index (χ1n) is 12.3. The van der Waals surface area contributed by atoms with Gasteiger partial charge in [0.2, 0.25) is 5.91 Å². The Labute approximate surface area is 215 Å². The lowest BCUT2D eigenvalue weighted by Crippen LogP contribution is -2.39. The Bertz CT molecular complexity index is 1340. The fourth-order valence-electron chi connectivity index (χ4n) is 4.55. The van der Waals surface area contributed by atoms with Gasteiger partial charge in [-0.15, -0.1) is 0 Å². The zero-order valence-corrected chi connectivity index (χ0v) is 21.0. The smallest absolute Gasteiger partial charge is 0.269 e. The molecule has 0 bridgehead atoms. The first-order valence-corrected chi connectivity index (χ1v) is 12.3. The molecule has 10 nitrogen and oxygen atoms in total. The minimum atomic E-state index is -0.734. The van der Waals surface area contributed by atoms with Crippen molar-refractivity contribution in [3.63, 3.8) is 0 Å². The summed E-state index contributed by atoms with van der Waals surface area (Å²) in [5.41, 5.74) is 8.08. The lowest BCUT2D eigenvalue weighted by Gasteiger charge is -2.34. The summed E-state index contributed by atoms with van der Waals surface area (Å²) in [5.74, 6) is 6.01. The lowest BCUT2D eigenvalue weighted by atomic mass is 10.0. The number of nitrogens with one attached hydrogen (secondary N) is 1. The number of carbonyl (C=O) groups excluding carboxylic acids is 3. The van der Waals surface area contributed by atoms with E-state index in [1.54, 1.807) is 48.4 Å². The highest BCUT2D eigenvalue weighted by Crippen LogP contribution is 2.33. The lowest BCUT2D eigenvalue weighted by molar-refractivity contribution is -0.130. The number of carbonyl (C=O) groups is 3. The van der Waals surface area contributed by atoms with E-state index in [0.29, 0.717) is 41.4 Å². The highest BCUT2D eigenvalue weighted by atomic mass is 16.2. The molecule has 10 heteroatoms. The van der Waals surface area contributed by atoms with Gasteiger partial charge >= 0.3 is 0 Å². The summed E-state index contributed by atoms with van der Waals surface area (Å²) >= 11 is 0. The topological polar surface area (TPSA) is 149 Å². The van der Waals surface area contributed by atoms with Crippen LogP contribution in [0.15, 0.2) is 54.7 Å². The molecular weight excluding hydrogens is 470 g/mol. The zero-order valence-electron chi connectivity index (χ0n) is 21.0. The number of benzene rings is 1. The molecule has 1 aromatic carbocycles. The largest absolute Gasteiger partial charge is 0.364 e. The van der Waals surface area contributed by atoms with Crippen LogP contribution in [0.2, 0.25) is 0 Å². The SMILES string of the molecule is C/C=C/C(=O)N1CCCC[C@H]1c1nc(-c2ccc(C(=O)Nc3cc(CC)ccn3)cc2)c(C(N)=O)n1N. The second kappa shape index (κ2) is 11.1. The van der Waals surface area contributed by atoms with Crippen molar-refractivity contribution in [2.45, 2.75) is 45.6 Å². The second-order valence-electron chi connectivity index (χ2n) is 8.88. The normalized spacial score (nSPS) is 15.6. The predicted octanol–water partition coefficient (Wildman–Crippen LogP) is 3.20. The van der Waals surface area contributed by atoms with Crippen LogP contribution in [0.4, 0.5) is 5.82 Å². The van der Waals surface area contributed by atoms with Crippen molar-refractivity contribution >= 4 is 23.5 Å². The number of likely N-dealkylation sites (tertiary alicyclic amines) is 1. The number of allylic oxidation sites excluding steroid dienone is 1. The Morgan fingerprint density at radius 2 is 1.92 bits per heavy atom. The van der Waals surface area contributed by atoms with Gasteiger partial charge in [0.1, 0.15) is 11.5 Å². The van der Waals surface area contributed by atoms with E-state index in [1.807, 2.05) is 19.1 Å². The number of amides is 3. The third-order valence-corrected chi connectivity index (χ3v) is 6.46. The summed E-state index contributed by atoms with van der Waals surface area (Å²) in [6.07, 6.45) is 8.14. The fraction of sp³-hybridized carbons (Fsp3) is 0.296. The van der Waals surface area contributed by atoms with Crippen molar-refractivity contribution in [1.29, 1.82) is 0 Å². The Balaban J connectivity index is 1.64. The molecule has 1 aliphatic rings. The van der Waals surface area contributed by atoms with Crippen molar-refractivity contribution in [2.24, 2.45) is 5.73 Å². The molecule has 0 spiro atoms. The van der Waals surface area contributed by atoms with Gasteiger partial charge in [-0.25, -0.2) is 14.6 Å². The van der Waals surface area contributed by atoms with Crippen LogP contribution < -0.4 is 16.9 Å². The number of rotatable bonds is 7. The maximum absolute atomic E-state index is 12.7. The quantitative estimate of drug-likeness (QED) is 0.334. The van der Waals surface area contributed by atoms with Crippen LogP contribution in [0.1, 0.15) is 71.4 Å². The Morgan fingerprint density at radius 1 is 1.16 bits per heavy atom. The van der Waals surface area contributed by atoms with Crippen molar-refractivity contribution in [3.8, 4) is 11.3 Å². The van der Waals surface area contributed by atoms with Crippen molar-refractivity contribution in [1.82, 2.24) is 19.5 Å². The Morgan fingerprint density at radius 3 is 2.59 bits per heavy atom. The van der Waals surface area contributed by atoms with Crippen LogP contribution >= 0.6 is 0 Å². The molecule has 5 N–H and O–H groups in total. The van der Waals surface area contributed by atoms with Gasteiger partial charge in [0.25, 0.3) is 11.8 Å². The van der Waals surface area contributed by atoms with E-state index in [0.717, 1.165) is 24.8 Å². The summed E-state index contributed by atoms with van der Waals surface area (Å²) in [6, 6.07) is 9.99. The number of piperidine rings is 1. The third-order valence-electron chi connectivity index (χ3n) is 6.46. The van der Waals surface area contributed by atoms with E-state index in [1.165, 1.54) is 10.8 Å². The number of hydrogen-bond acceptors (Lipinski definition) is 6. The van der Waals surface area contributed by atoms with Crippen molar-refractivity contribution in [2.75, 3.05) is 17.7 Å². The van der Waals surface area contributed by atoms with E-state index >= 15 is 0 Å². The van der Waals surface area contributed by atoms with Gasteiger partial charge in [-0.2, -0.15) is 0 Å². The maximum atomic E-state index is 12.7. The van der Waals surface area contributed by atoms with Crippen molar-refractivity contribution < 1.29 is 14.4 Å². The highest BCUT2D eigenvalue weighted by Gasteiger charge is 2.33. The standard InChI is InChI=1S/C27H31N7O3/c1-3-7-22(35)33-15-6-5-8-20(33)26-32-23(24(25(28)36)34(26)29)18-9-11-19(12-10-18)27(37)31-21-16-17(4-2)13-14-30-21/h3,7,9-14,16,20H,4-6,8,15,29H2,1-2H3,(H2,28,36)(H,30,31,37)/b7-3+/t20-/m0/s1. The molecule has 1 fully saturated rings. The second-order valence-corrected chi connectivity index (χ2v) is 8.88. The van der Waals surface area contributed by atoms with E-state index < -0.39 is 5.91 Å². The summed E-state index contributed by atoms with van der Waals surface area (Å²) < 4.78 is 1.19. The molecule has 3 amide bonds. The van der Waals surface area contributed by atoms with Gasteiger partial charge in [-0.1, -0.05) is 25.1 Å². The number of nitrogens with two attached hydrogens (primary N) is 2. The van der Waals surface area contributed by atoms with E-state index in [9.17, 15) is 14.4 Å². The highest BCUT2D eigenvalue weighted by molar-refractivity contribution is 6.04. The first kappa shape index (κ1) is 25.6. The Hall–Kier alpha value is -4.47. The fourth-order valence-corrected chi connectivity index (χ4v) is 4.55. The van der Waals surface area contributed by atoms with Crippen LogP contribution in [0.5, 0.6) is 0 Å². The van der Waals surface area contributed by atoms with Gasteiger partial charge in [0, 0.05) is 23.9 Å². The molecule has 37 heavy (non-hydrogen) atoms. The first-order chi connectivity index (χ1) is 17.8. The summed E-state index contributed by atoms with van der Waals surface area (Å²) in [6.45, 7) is 4.38. The van der Waals surface area contributed by atoms with Gasteiger partial charge < -0.3 is 21.8 Å². The third kappa shape index (κ3) is 5.37. The number of nitrogen functional groups attached to an aromatic ring is 1. The number of primary amides is 1. The van der Waals surface area contributed by atoms with Crippen LogP contribution in [0, 0.1) is 0 Å². The average molecular weight is 502 g/mol. The number of hydrogen-bond donors (Lipinski definition) is 3. The van der Waals surface area contributed by atoms with E-state index in [-0.39, 0.29) is 23.6 Å². The van der Waals surface area contributed by atoms with Gasteiger partial charge in [-0.3, -0.25) is 14.4 Å². The molecule has 3 heterocycles. The number of aryl methyl sites for hydroxylation is 1. The predicted molar refractivity (Wildman–Crippen MR) is 141 cm³/mol. The molecule has 2 aromatic heterocycles. The monoisotopic (exact) mass is 501 g/mol. The minimum absolute atomic E-state index is 0.0387. The molecule has 1 atom stereocenters. The van der Waals surface area contributed by atoms with Gasteiger partial charge in [-0.05, 0) is 68.5 Å². The number of anilines is 1. The maximum Gasteiger partial charge on any atom is 0.269 e. The van der Waals surface area contributed by atoms with Crippen LogP contribution in [-0.4, -0.2) is 43.8 Å². The molecule has 4 rings (SSSR count). The number of imidazole rings is 1. The minimum Gasteiger partial charge on any atom is -0.364 e. The molecule has 0 radical (unpaired) electrons. The van der Waals surface area contributed by atoms with Gasteiger partial charge in [0.15, 0.2) is 11.5 Å². The molecule has 3 aromatic rings. The number of nitrogens with zero attached hydrogens (tertiary/aromatic N) is 4. The number of pyridine rings is 1. The summed E-state index contributed by atoms with van der Waals surface area (Å²) in [5, 5.41) is 2.80. The van der Waals surface area contributed by atoms with Crippen LogP contribution in [0.3, 0.4) is 0 Å². The molecule has 0 saturated carbocycles. The Kier molecular flexibility index (Phi) is 7.66. The molecule has 1 saturated heterocycles.